The zero-order valence-corrected chi connectivity index (χ0v) is 14.3. The molecule has 0 saturated heterocycles. The topological polar surface area (TPSA) is 134 Å². The molecule has 7 nitrogen and oxygen atoms in total. The van der Waals surface area contributed by atoms with Gasteiger partial charge in [-0.15, -0.1) is 0 Å². The number of rotatable bonds is 2. The molecule has 2 rings (SSSR count). The van der Waals surface area contributed by atoms with Gasteiger partial charge in [-0.05, 0) is 18.4 Å². The quantitative estimate of drug-likeness (QED) is 0.685. The van der Waals surface area contributed by atoms with Gasteiger partial charge in [0.2, 0.25) is 5.76 Å². The Labute approximate surface area is 140 Å². The average Bonchev–Trinajstić information content (AvgIpc) is 2.54. The molecule has 1 aromatic heterocycles. The summed E-state index contributed by atoms with van der Waals surface area (Å²) in [6.07, 6.45) is 6.82. The van der Waals surface area contributed by atoms with E-state index in [9.17, 15) is 5.11 Å². The van der Waals surface area contributed by atoms with Gasteiger partial charge in [-0.2, -0.15) is 0 Å². The second kappa shape index (κ2) is 11.6. The maximum absolute atomic E-state index is 9.18. The summed E-state index contributed by atoms with van der Waals surface area (Å²) >= 11 is -1.56. The second-order valence-electron chi connectivity index (χ2n) is 4.31. The minimum atomic E-state index is -1.56. The van der Waals surface area contributed by atoms with Crippen molar-refractivity contribution in [2.24, 2.45) is 0 Å². The molecular weight excluding hydrogens is 343 g/mol. The van der Waals surface area contributed by atoms with E-state index in [0.717, 1.165) is 18.4 Å². The van der Waals surface area contributed by atoms with E-state index >= 15 is 0 Å². The van der Waals surface area contributed by atoms with E-state index in [1.807, 2.05) is 19.9 Å². The first-order chi connectivity index (χ1) is 10.9. The predicted octanol–water partition coefficient (Wildman–Crippen LogP) is 1.59. The molecule has 0 spiro atoms. The van der Waals surface area contributed by atoms with Crippen LogP contribution >= 0.6 is 0 Å². The van der Waals surface area contributed by atoms with Crippen molar-refractivity contribution in [1.82, 2.24) is 0 Å². The van der Waals surface area contributed by atoms with E-state index in [4.69, 9.17) is 26.8 Å². The third kappa shape index (κ3) is 7.23. The zero-order chi connectivity index (χ0) is 17.8. The SMILES string of the molecule is CCC1=C(O)C(=[OH+])C=CC1.CCc1occc(=[OH+])c1O.[O]=[V][OH]. The summed E-state index contributed by atoms with van der Waals surface area (Å²) in [5.41, 5.74) is 0.767. The molecule has 0 fully saturated rings. The first-order valence-electron chi connectivity index (χ1n) is 6.84. The molecule has 0 radical (unpaired) electrons. The molecule has 0 atom stereocenters. The molecule has 23 heavy (non-hydrogen) atoms. The summed E-state index contributed by atoms with van der Waals surface area (Å²) in [6, 6.07) is 1.30. The number of aliphatic hydroxyl groups excluding tert-OH is 1. The number of aromatic hydroxyl groups is 1. The number of allylic oxidation sites excluding steroid dienone is 3. The number of aryl methyl sites for hydroxylation is 1. The van der Waals surface area contributed by atoms with Gasteiger partial charge >= 0.3 is 35.5 Å². The number of carbonyl (C=O) groups excluding carboxylic acids is 1. The van der Waals surface area contributed by atoms with Crippen LogP contribution in [-0.2, 0) is 26.7 Å². The van der Waals surface area contributed by atoms with E-state index < -0.39 is 16.6 Å². The Bertz CT molecular complexity index is 643. The minimum absolute atomic E-state index is 0.0110. The zero-order valence-electron chi connectivity index (χ0n) is 12.9. The first kappa shape index (κ1) is 21.0. The maximum atomic E-state index is 9.18. The monoisotopic (exact) mass is 364 g/mol. The molecule has 1 heterocycles. The standard InChI is InChI=1S/C8H10O2.C7H8O3.H2O.O.V/c1-2-6-4-3-5-7(9)8(6)10;1-2-6-7(9)5(8)3-4-10-6;;;/h3,5,10H,2,4H2,1H3;3-4,9H,2H2,1H3;1H2;;/q;;;;+1/p+1. The molecule has 0 unspecified atom stereocenters. The van der Waals surface area contributed by atoms with Crippen molar-refractivity contribution in [1.29, 1.82) is 0 Å². The van der Waals surface area contributed by atoms with Crippen LogP contribution < -0.4 is 5.43 Å². The van der Waals surface area contributed by atoms with Crippen LogP contribution in [0.15, 0.2) is 40.2 Å². The first-order valence-corrected chi connectivity index (χ1v) is 8.04. The van der Waals surface area contributed by atoms with Crippen molar-refractivity contribution in [3.8, 4) is 5.75 Å². The Kier molecular flexibility index (Phi) is 10.6. The summed E-state index contributed by atoms with van der Waals surface area (Å²) in [6.45, 7) is 3.79. The third-order valence-corrected chi connectivity index (χ3v) is 2.91. The molecule has 0 amide bonds. The molecular formula is C15H21O7V+2. The van der Waals surface area contributed by atoms with Crippen LogP contribution in [0.4, 0.5) is 0 Å². The van der Waals surface area contributed by atoms with Crippen LogP contribution in [0.1, 0.15) is 32.4 Å². The van der Waals surface area contributed by atoms with E-state index in [1.54, 1.807) is 0 Å². The van der Waals surface area contributed by atoms with Crippen LogP contribution in [0.25, 0.3) is 0 Å². The number of hydrogen-bond donors (Lipinski definition) is 3. The van der Waals surface area contributed by atoms with Crippen LogP contribution in [0, 0.1) is 0 Å². The molecule has 0 bridgehead atoms. The molecule has 126 valence electrons. The molecule has 5 N–H and O–H groups in total. The van der Waals surface area contributed by atoms with Crippen LogP contribution in [0.2, 0.25) is 0 Å². The molecule has 8 heteroatoms. The van der Waals surface area contributed by atoms with Gasteiger partial charge in [0.25, 0.3) is 5.75 Å². The van der Waals surface area contributed by atoms with Gasteiger partial charge in [0.1, 0.15) is 6.26 Å². The van der Waals surface area contributed by atoms with Gasteiger partial charge in [-0.25, -0.2) is 0 Å². The summed E-state index contributed by atoms with van der Waals surface area (Å²) in [5, 5.41) is 18.2. The summed E-state index contributed by atoms with van der Waals surface area (Å²) in [7, 11) is 0. The summed E-state index contributed by atoms with van der Waals surface area (Å²) in [4.78, 5) is 17.9. The predicted molar refractivity (Wildman–Crippen MR) is 78.4 cm³/mol. The van der Waals surface area contributed by atoms with Gasteiger partial charge in [0, 0.05) is 12.5 Å². The summed E-state index contributed by atoms with van der Waals surface area (Å²) in [5.74, 6) is 0.290. The Hall–Kier alpha value is -1.96. The fourth-order valence-electron chi connectivity index (χ4n) is 1.69. The van der Waals surface area contributed by atoms with Crippen molar-refractivity contribution >= 4 is 5.78 Å². The van der Waals surface area contributed by atoms with Crippen molar-refractivity contribution in [2.75, 3.05) is 0 Å². The Balaban J connectivity index is 0.000000360. The molecule has 1 aliphatic carbocycles. The van der Waals surface area contributed by atoms with Crippen molar-refractivity contribution in [3.05, 3.63) is 47.0 Å². The van der Waals surface area contributed by atoms with Crippen molar-refractivity contribution in [3.63, 3.8) is 0 Å². The fourth-order valence-corrected chi connectivity index (χ4v) is 1.69. The van der Waals surface area contributed by atoms with Crippen LogP contribution in [-0.4, -0.2) is 29.6 Å². The third-order valence-electron chi connectivity index (χ3n) is 2.91. The normalized spacial score (nSPS) is 12.7. The number of aliphatic hydroxyl groups is 1. The van der Waals surface area contributed by atoms with E-state index in [0.29, 0.717) is 12.2 Å². The van der Waals surface area contributed by atoms with Gasteiger partial charge in [-0.3, -0.25) is 9.59 Å². The Morgan fingerprint density at radius 1 is 1.26 bits per heavy atom. The van der Waals surface area contributed by atoms with Crippen LogP contribution in [0.5, 0.6) is 5.75 Å². The van der Waals surface area contributed by atoms with E-state index in [2.05, 4.69) is 0 Å². The summed E-state index contributed by atoms with van der Waals surface area (Å²) < 4.78 is 20.6. The van der Waals surface area contributed by atoms with Crippen molar-refractivity contribution in [2.45, 2.75) is 33.1 Å². The van der Waals surface area contributed by atoms with E-state index in [1.165, 1.54) is 18.4 Å². The number of hydrogen-bond acceptors (Lipinski definition) is 4. The van der Waals surface area contributed by atoms with Gasteiger partial charge in [0.05, 0.1) is 6.07 Å². The van der Waals surface area contributed by atoms with E-state index in [-0.39, 0.29) is 22.7 Å². The van der Waals surface area contributed by atoms with Crippen molar-refractivity contribution < 1.29 is 48.5 Å². The molecule has 1 aliphatic rings. The average molecular weight is 364 g/mol. The van der Waals surface area contributed by atoms with Gasteiger partial charge in [-0.1, -0.05) is 19.9 Å². The molecule has 0 aliphatic heterocycles. The molecule has 0 saturated carbocycles. The Morgan fingerprint density at radius 3 is 2.30 bits per heavy atom. The molecule has 1 aromatic rings. The van der Waals surface area contributed by atoms with Crippen LogP contribution in [0.3, 0.4) is 0 Å². The van der Waals surface area contributed by atoms with Gasteiger partial charge < -0.3 is 14.6 Å². The van der Waals surface area contributed by atoms with Gasteiger partial charge in [0.15, 0.2) is 5.76 Å². The fraction of sp³-hybridized carbons (Fsp3) is 0.333. The number of ketones is 1. The second-order valence-corrected chi connectivity index (χ2v) is 4.57. The molecule has 0 aromatic carbocycles. The Morgan fingerprint density at radius 2 is 1.87 bits per heavy atom.